The normalized spacial score (nSPS) is 12.4. The molecule has 0 saturated carbocycles. The van der Waals surface area contributed by atoms with Gasteiger partial charge in [0.15, 0.2) is 0 Å². The highest BCUT2D eigenvalue weighted by Gasteiger charge is 2.30. The van der Waals surface area contributed by atoms with Crippen LogP contribution in [0.2, 0.25) is 0 Å². The minimum atomic E-state index is -4.38. The molecule has 0 atom stereocenters. The zero-order chi connectivity index (χ0) is 13.3. The molecule has 17 heavy (non-hydrogen) atoms. The molecule has 0 aliphatic heterocycles. The van der Waals surface area contributed by atoms with Gasteiger partial charge in [0, 0.05) is 0 Å². The lowest BCUT2D eigenvalue weighted by molar-refractivity contribution is -0.142. The quantitative estimate of drug-likeness (QED) is 0.558. The van der Waals surface area contributed by atoms with Crippen molar-refractivity contribution in [3.63, 3.8) is 0 Å². The lowest BCUT2D eigenvalue weighted by Gasteiger charge is -2.16. The number of ether oxygens (including phenoxy) is 1. The number of benzene rings is 1. The van der Waals surface area contributed by atoms with Crippen LogP contribution in [0.4, 0.5) is 13.2 Å². The van der Waals surface area contributed by atoms with Crippen LogP contribution in [0.15, 0.2) is 24.3 Å². The zero-order valence-electron chi connectivity index (χ0n) is 9.76. The van der Waals surface area contributed by atoms with Crippen LogP contribution in [-0.4, -0.2) is 5.97 Å². The van der Waals surface area contributed by atoms with Crippen molar-refractivity contribution < 1.29 is 22.7 Å². The molecule has 1 aromatic rings. The summed E-state index contributed by atoms with van der Waals surface area (Å²) in [6.07, 6.45) is -4.38. The summed E-state index contributed by atoms with van der Waals surface area (Å²) >= 11 is 0. The maximum absolute atomic E-state index is 12.3. The van der Waals surface area contributed by atoms with E-state index in [1.807, 2.05) is 0 Å². The Morgan fingerprint density at radius 2 is 1.53 bits per heavy atom. The number of esters is 1. The maximum atomic E-state index is 12.3. The van der Waals surface area contributed by atoms with Crippen molar-refractivity contribution in [1.82, 2.24) is 0 Å². The molecule has 2 nitrogen and oxygen atoms in total. The van der Waals surface area contributed by atoms with Gasteiger partial charge in [-0.2, -0.15) is 13.2 Å². The maximum Gasteiger partial charge on any atom is 0.416 e. The molecule has 0 heterocycles. The fourth-order valence-corrected chi connectivity index (χ4v) is 0.972. The molecule has 0 amide bonds. The number of carbonyl (C=O) groups is 1. The lowest BCUT2D eigenvalue weighted by atomic mass is 9.97. The van der Waals surface area contributed by atoms with Gasteiger partial charge in [0.1, 0.15) is 5.75 Å². The molecule has 0 aliphatic rings. The molecule has 0 aromatic heterocycles. The van der Waals surface area contributed by atoms with E-state index in [0.29, 0.717) is 0 Å². The van der Waals surface area contributed by atoms with E-state index in [-0.39, 0.29) is 5.75 Å². The van der Waals surface area contributed by atoms with Gasteiger partial charge in [0.2, 0.25) is 0 Å². The SMILES string of the molecule is CC(C)(C)C(=O)Oc1ccc(C(F)(F)F)cc1. The predicted octanol–water partition coefficient (Wildman–Crippen LogP) is 3.66. The van der Waals surface area contributed by atoms with Crippen LogP contribution in [-0.2, 0) is 11.0 Å². The predicted molar refractivity (Wildman–Crippen MR) is 56.5 cm³/mol. The fourth-order valence-electron chi connectivity index (χ4n) is 0.972. The zero-order valence-corrected chi connectivity index (χ0v) is 9.76. The van der Waals surface area contributed by atoms with E-state index in [9.17, 15) is 18.0 Å². The van der Waals surface area contributed by atoms with Crippen LogP contribution in [0.25, 0.3) is 0 Å². The summed E-state index contributed by atoms with van der Waals surface area (Å²) in [6, 6.07) is 4.02. The minimum Gasteiger partial charge on any atom is -0.426 e. The Bertz CT molecular complexity index is 399. The summed E-state index contributed by atoms with van der Waals surface area (Å²) in [5, 5.41) is 0. The van der Waals surface area contributed by atoms with Gasteiger partial charge < -0.3 is 4.74 Å². The second-order valence-electron chi connectivity index (χ2n) is 4.66. The summed E-state index contributed by atoms with van der Waals surface area (Å²) < 4.78 is 41.7. The first-order valence-corrected chi connectivity index (χ1v) is 5.00. The Morgan fingerprint density at radius 1 is 1.06 bits per heavy atom. The van der Waals surface area contributed by atoms with Gasteiger partial charge in [-0.25, -0.2) is 0 Å². The van der Waals surface area contributed by atoms with Gasteiger partial charge in [-0.05, 0) is 45.0 Å². The van der Waals surface area contributed by atoms with Crippen molar-refractivity contribution in [1.29, 1.82) is 0 Å². The van der Waals surface area contributed by atoms with Crippen molar-refractivity contribution in [3.8, 4) is 5.75 Å². The van der Waals surface area contributed by atoms with Crippen LogP contribution in [0, 0.1) is 5.41 Å². The van der Waals surface area contributed by atoms with Crippen LogP contribution < -0.4 is 4.74 Å². The van der Waals surface area contributed by atoms with Gasteiger partial charge in [-0.1, -0.05) is 0 Å². The van der Waals surface area contributed by atoms with E-state index < -0.39 is 23.1 Å². The number of rotatable bonds is 1. The van der Waals surface area contributed by atoms with Crippen molar-refractivity contribution in [2.45, 2.75) is 26.9 Å². The van der Waals surface area contributed by atoms with E-state index >= 15 is 0 Å². The Balaban J connectivity index is 2.80. The van der Waals surface area contributed by atoms with Crippen molar-refractivity contribution >= 4 is 5.97 Å². The van der Waals surface area contributed by atoms with Crippen molar-refractivity contribution in [2.24, 2.45) is 5.41 Å². The summed E-state index contributed by atoms with van der Waals surface area (Å²) in [6.45, 7) is 5.00. The first kappa shape index (κ1) is 13.5. The first-order chi connectivity index (χ1) is 7.60. The van der Waals surface area contributed by atoms with E-state index in [1.165, 1.54) is 0 Å². The standard InChI is InChI=1S/C12H13F3O2/c1-11(2,3)10(16)17-9-6-4-8(5-7-9)12(13,14)15/h4-7H,1-3H3. The second kappa shape index (κ2) is 4.39. The molecule has 94 valence electrons. The molecule has 0 saturated heterocycles. The molecule has 0 unspecified atom stereocenters. The molecule has 1 aromatic carbocycles. The smallest absolute Gasteiger partial charge is 0.416 e. The molecule has 0 radical (unpaired) electrons. The molecule has 0 fully saturated rings. The Morgan fingerprint density at radius 3 is 1.88 bits per heavy atom. The van der Waals surface area contributed by atoms with Crippen molar-refractivity contribution in [3.05, 3.63) is 29.8 Å². The average Bonchev–Trinajstić information content (AvgIpc) is 2.15. The van der Waals surface area contributed by atoms with Crippen LogP contribution >= 0.6 is 0 Å². The van der Waals surface area contributed by atoms with Gasteiger partial charge >= 0.3 is 12.1 Å². The Kier molecular flexibility index (Phi) is 3.50. The van der Waals surface area contributed by atoms with Crippen LogP contribution in [0.5, 0.6) is 5.75 Å². The van der Waals surface area contributed by atoms with Gasteiger partial charge in [0.25, 0.3) is 0 Å². The largest absolute Gasteiger partial charge is 0.426 e. The Hall–Kier alpha value is -1.52. The van der Waals surface area contributed by atoms with Crippen LogP contribution in [0.1, 0.15) is 26.3 Å². The first-order valence-electron chi connectivity index (χ1n) is 5.00. The minimum absolute atomic E-state index is 0.109. The highest BCUT2D eigenvalue weighted by molar-refractivity contribution is 5.77. The molecule has 0 bridgehead atoms. The van der Waals surface area contributed by atoms with E-state index in [0.717, 1.165) is 24.3 Å². The highest BCUT2D eigenvalue weighted by Crippen LogP contribution is 2.30. The number of hydrogen-bond donors (Lipinski definition) is 0. The van der Waals surface area contributed by atoms with Gasteiger partial charge in [-0.3, -0.25) is 4.79 Å². The molecular weight excluding hydrogens is 233 g/mol. The Labute approximate surface area is 97.4 Å². The number of carbonyl (C=O) groups excluding carboxylic acids is 1. The van der Waals surface area contributed by atoms with E-state index in [2.05, 4.69) is 0 Å². The van der Waals surface area contributed by atoms with Crippen molar-refractivity contribution in [2.75, 3.05) is 0 Å². The van der Waals surface area contributed by atoms with Crippen LogP contribution in [0.3, 0.4) is 0 Å². The van der Waals surface area contributed by atoms with E-state index in [1.54, 1.807) is 20.8 Å². The third-order valence-electron chi connectivity index (χ3n) is 2.00. The summed E-state index contributed by atoms with van der Waals surface area (Å²) in [4.78, 5) is 11.5. The summed E-state index contributed by atoms with van der Waals surface area (Å²) in [5.41, 5.74) is -1.46. The fraction of sp³-hybridized carbons (Fsp3) is 0.417. The molecule has 0 spiro atoms. The number of alkyl halides is 3. The summed E-state index contributed by atoms with van der Waals surface area (Å²) in [7, 11) is 0. The average molecular weight is 246 g/mol. The molecule has 1 rings (SSSR count). The van der Waals surface area contributed by atoms with Gasteiger partial charge in [0.05, 0.1) is 11.0 Å². The highest BCUT2D eigenvalue weighted by atomic mass is 19.4. The third kappa shape index (κ3) is 3.76. The third-order valence-corrected chi connectivity index (χ3v) is 2.00. The summed E-state index contributed by atoms with van der Waals surface area (Å²) in [5.74, 6) is -0.379. The topological polar surface area (TPSA) is 26.3 Å². The van der Waals surface area contributed by atoms with E-state index in [4.69, 9.17) is 4.74 Å². The number of hydrogen-bond acceptors (Lipinski definition) is 2. The number of halogens is 3. The monoisotopic (exact) mass is 246 g/mol. The molecule has 5 heteroatoms. The lowest BCUT2D eigenvalue weighted by Crippen LogP contribution is -2.25. The van der Waals surface area contributed by atoms with Gasteiger partial charge in [-0.15, -0.1) is 0 Å². The molecule has 0 N–H and O–H groups in total. The molecule has 0 aliphatic carbocycles. The molecular formula is C12H13F3O2. The second-order valence-corrected chi connectivity index (χ2v) is 4.66.